The van der Waals surface area contributed by atoms with Crippen molar-refractivity contribution in [1.29, 1.82) is 5.26 Å². The largest absolute Gasteiger partial charge is 0.457 e. The van der Waals surface area contributed by atoms with Gasteiger partial charge in [-0.3, -0.25) is 0 Å². The van der Waals surface area contributed by atoms with Gasteiger partial charge in [-0.2, -0.15) is 5.26 Å². The summed E-state index contributed by atoms with van der Waals surface area (Å²) < 4.78 is 6.62. The zero-order chi connectivity index (χ0) is 34.6. The maximum absolute atomic E-state index is 9.63. The van der Waals surface area contributed by atoms with E-state index in [1.165, 1.54) is 0 Å². The molecule has 10 rings (SSSR count). The van der Waals surface area contributed by atoms with Gasteiger partial charge in [0, 0.05) is 27.8 Å². The summed E-state index contributed by atoms with van der Waals surface area (Å²) in [6.07, 6.45) is 0. The van der Waals surface area contributed by atoms with Crippen LogP contribution in [0.3, 0.4) is 0 Å². The van der Waals surface area contributed by atoms with E-state index >= 15 is 0 Å². The van der Waals surface area contributed by atoms with E-state index in [0.29, 0.717) is 23.0 Å². The van der Waals surface area contributed by atoms with Crippen molar-refractivity contribution in [2.24, 2.45) is 0 Å². The molecule has 5 heteroatoms. The molecule has 52 heavy (non-hydrogen) atoms. The van der Waals surface area contributed by atoms with E-state index in [1.54, 1.807) is 0 Å². The second kappa shape index (κ2) is 11.7. The highest BCUT2D eigenvalue weighted by Crippen LogP contribution is 2.64. The topological polar surface area (TPSA) is 71.7 Å². The second-order valence-electron chi connectivity index (χ2n) is 13.0. The van der Waals surface area contributed by atoms with Gasteiger partial charge in [0.1, 0.15) is 11.5 Å². The molecule has 0 saturated heterocycles. The first-order chi connectivity index (χ1) is 25.7. The third kappa shape index (κ3) is 4.38. The highest BCUT2D eigenvalue weighted by molar-refractivity contribution is 6.01. The lowest BCUT2D eigenvalue weighted by atomic mass is 9.66. The van der Waals surface area contributed by atoms with E-state index in [0.717, 1.165) is 72.7 Å². The summed E-state index contributed by atoms with van der Waals surface area (Å²) >= 11 is 0. The van der Waals surface area contributed by atoms with E-state index < -0.39 is 5.41 Å². The zero-order valence-corrected chi connectivity index (χ0v) is 27.9. The number of benzene rings is 7. The van der Waals surface area contributed by atoms with Gasteiger partial charge in [-0.1, -0.05) is 146 Å². The monoisotopic (exact) mass is 664 g/mol. The van der Waals surface area contributed by atoms with E-state index in [9.17, 15) is 5.26 Å². The molecule has 2 heterocycles. The fourth-order valence-electron chi connectivity index (χ4n) is 8.07. The Balaban J connectivity index is 1.34. The predicted octanol–water partition coefficient (Wildman–Crippen LogP) is 10.9. The van der Waals surface area contributed by atoms with Gasteiger partial charge in [-0.05, 0) is 57.6 Å². The highest BCUT2D eigenvalue weighted by Gasteiger charge is 2.52. The fraction of sp³-hybridized carbons (Fsp3) is 0.0213. The molecule has 0 atom stereocenters. The maximum Gasteiger partial charge on any atom is 0.164 e. The molecular formula is C47H28N4O. The van der Waals surface area contributed by atoms with Crippen LogP contribution in [0.4, 0.5) is 0 Å². The molecule has 0 N–H and O–H groups in total. The normalized spacial score (nSPS) is 12.9. The molecule has 0 fully saturated rings. The van der Waals surface area contributed by atoms with E-state index in [2.05, 4.69) is 78.9 Å². The molecule has 0 amide bonds. The average molecular weight is 665 g/mol. The number of nitrogens with zero attached hydrogens (tertiary/aromatic N) is 4. The molecule has 5 nitrogen and oxygen atoms in total. The Labute approximate surface area is 301 Å². The SMILES string of the molecule is N#Cc1ccc(-c2cccc3c2-c2c(-c4nc(-c5ccccc5)nc(-c5ccccc5)n4)cccc2C32c3ccccc3Oc3ccccc32)cc1. The van der Waals surface area contributed by atoms with Crippen LogP contribution in [0.5, 0.6) is 11.5 Å². The van der Waals surface area contributed by atoms with Gasteiger partial charge < -0.3 is 4.74 Å². The van der Waals surface area contributed by atoms with Gasteiger partial charge in [0.2, 0.25) is 0 Å². The van der Waals surface area contributed by atoms with Crippen LogP contribution in [0.1, 0.15) is 27.8 Å². The molecule has 0 saturated carbocycles. The molecule has 1 aliphatic heterocycles. The molecule has 1 spiro atoms. The van der Waals surface area contributed by atoms with E-state index in [1.807, 2.05) is 97.1 Å². The molecule has 0 bridgehead atoms. The summed E-state index contributed by atoms with van der Waals surface area (Å²) in [6.45, 7) is 0. The van der Waals surface area contributed by atoms with Crippen molar-refractivity contribution in [3.8, 4) is 74.0 Å². The smallest absolute Gasteiger partial charge is 0.164 e. The average Bonchev–Trinajstić information content (AvgIpc) is 3.52. The second-order valence-corrected chi connectivity index (χ2v) is 13.0. The number of aromatic nitrogens is 3. The summed E-state index contributed by atoms with van der Waals surface area (Å²) in [5.74, 6) is 3.46. The van der Waals surface area contributed by atoms with Gasteiger partial charge >= 0.3 is 0 Å². The number of ether oxygens (including phenoxy) is 1. The summed E-state index contributed by atoms with van der Waals surface area (Å²) in [5.41, 5.74) is 11.4. The van der Waals surface area contributed by atoms with Crippen molar-refractivity contribution < 1.29 is 4.74 Å². The number of hydrogen-bond acceptors (Lipinski definition) is 5. The van der Waals surface area contributed by atoms with Gasteiger partial charge in [0.25, 0.3) is 0 Å². The molecule has 2 aliphatic rings. The standard InChI is InChI=1S/C47H28N4O/c48-29-30-25-27-31(28-26-30)34-17-11-21-38-42(34)43-35(46-50-44(32-13-3-1-4-14-32)49-45(51-46)33-15-5-2-6-16-33)18-12-22-39(43)47(38)36-19-7-9-23-40(36)52-41-24-10-8-20-37(41)47/h1-28H. The molecule has 7 aromatic carbocycles. The lowest BCUT2D eigenvalue weighted by molar-refractivity contribution is 0.436. The number of hydrogen-bond donors (Lipinski definition) is 0. The van der Waals surface area contributed by atoms with Gasteiger partial charge in [-0.25, -0.2) is 15.0 Å². The van der Waals surface area contributed by atoms with Gasteiger partial charge in [-0.15, -0.1) is 0 Å². The first-order valence-electron chi connectivity index (χ1n) is 17.3. The first kappa shape index (κ1) is 29.7. The number of rotatable bonds is 4. The van der Waals surface area contributed by atoms with Crippen molar-refractivity contribution in [1.82, 2.24) is 15.0 Å². The van der Waals surface area contributed by atoms with Crippen molar-refractivity contribution in [3.05, 3.63) is 198 Å². The van der Waals surface area contributed by atoms with Crippen molar-refractivity contribution in [2.75, 3.05) is 0 Å². The Morgan fingerprint density at radius 1 is 0.404 bits per heavy atom. The lowest BCUT2D eigenvalue weighted by Gasteiger charge is -2.39. The summed E-state index contributed by atoms with van der Waals surface area (Å²) in [4.78, 5) is 15.4. The van der Waals surface area contributed by atoms with Crippen LogP contribution in [0.25, 0.3) is 56.4 Å². The van der Waals surface area contributed by atoms with Gasteiger partial charge in [0.15, 0.2) is 17.5 Å². The summed E-state index contributed by atoms with van der Waals surface area (Å²) in [5, 5.41) is 9.63. The quantitative estimate of drug-likeness (QED) is 0.187. The molecular weight excluding hydrogens is 637 g/mol. The van der Waals surface area contributed by atoms with Crippen molar-refractivity contribution >= 4 is 0 Å². The van der Waals surface area contributed by atoms with Crippen LogP contribution < -0.4 is 4.74 Å². The van der Waals surface area contributed by atoms with E-state index in [4.69, 9.17) is 19.7 Å². The van der Waals surface area contributed by atoms with Crippen LogP contribution in [-0.2, 0) is 5.41 Å². The number of fused-ring (bicyclic) bond motifs is 9. The Morgan fingerprint density at radius 3 is 1.42 bits per heavy atom. The minimum absolute atomic E-state index is 0.593. The summed E-state index contributed by atoms with van der Waals surface area (Å²) in [7, 11) is 0. The minimum Gasteiger partial charge on any atom is -0.457 e. The first-order valence-corrected chi connectivity index (χ1v) is 17.3. The third-order valence-electron chi connectivity index (χ3n) is 10.3. The zero-order valence-electron chi connectivity index (χ0n) is 27.9. The third-order valence-corrected chi connectivity index (χ3v) is 10.3. The Morgan fingerprint density at radius 2 is 0.865 bits per heavy atom. The molecule has 242 valence electrons. The van der Waals surface area contributed by atoms with E-state index in [-0.39, 0.29) is 0 Å². The lowest BCUT2D eigenvalue weighted by Crippen LogP contribution is -2.32. The van der Waals surface area contributed by atoms with Crippen LogP contribution in [0.2, 0.25) is 0 Å². The fourth-order valence-corrected chi connectivity index (χ4v) is 8.07. The molecule has 8 aromatic rings. The molecule has 0 unspecified atom stereocenters. The summed E-state index contributed by atoms with van der Waals surface area (Å²) in [6, 6.07) is 60.1. The number of para-hydroxylation sites is 2. The van der Waals surface area contributed by atoms with Crippen LogP contribution in [0.15, 0.2) is 170 Å². The molecule has 1 aromatic heterocycles. The van der Waals surface area contributed by atoms with Crippen molar-refractivity contribution in [3.63, 3.8) is 0 Å². The Kier molecular flexibility index (Phi) is 6.70. The Bertz CT molecular complexity index is 2610. The number of nitriles is 1. The highest BCUT2D eigenvalue weighted by atomic mass is 16.5. The Hall–Kier alpha value is -7.16. The van der Waals surface area contributed by atoms with Crippen LogP contribution >= 0.6 is 0 Å². The van der Waals surface area contributed by atoms with Crippen LogP contribution in [0, 0.1) is 11.3 Å². The minimum atomic E-state index is -0.688. The van der Waals surface area contributed by atoms with Crippen molar-refractivity contribution in [2.45, 2.75) is 5.41 Å². The molecule has 0 radical (unpaired) electrons. The predicted molar refractivity (Wildman–Crippen MR) is 204 cm³/mol. The maximum atomic E-state index is 9.63. The molecule has 1 aliphatic carbocycles. The van der Waals surface area contributed by atoms with Gasteiger partial charge in [0.05, 0.1) is 17.0 Å². The van der Waals surface area contributed by atoms with Crippen LogP contribution in [-0.4, -0.2) is 15.0 Å².